The number of nitrogens with zero attached hydrogens (tertiary/aromatic N) is 1. The largest absolute Gasteiger partial charge is 0.392 e. The summed E-state index contributed by atoms with van der Waals surface area (Å²) in [4.78, 5) is 13.0. The zero-order valence-electron chi connectivity index (χ0n) is 8.57. The number of aliphatic hydroxyl groups is 1. The third-order valence-corrected chi connectivity index (χ3v) is 3.27. The quantitative estimate of drug-likeness (QED) is 0.641. The second-order valence-corrected chi connectivity index (χ2v) is 4.45. The summed E-state index contributed by atoms with van der Waals surface area (Å²) in [5.74, 6) is 0.204. The van der Waals surface area contributed by atoms with E-state index in [9.17, 15) is 9.90 Å². The summed E-state index contributed by atoms with van der Waals surface area (Å²) in [6.07, 6.45) is 3.40. The number of hydrogen-bond acceptors (Lipinski definition) is 3. The molecule has 2 rings (SSSR count). The van der Waals surface area contributed by atoms with E-state index in [2.05, 4.69) is 5.32 Å². The van der Waals surface area contributed by atoms with Crippen LogP contribution >= 0.6 is 0 Å². The Balaban J connectivity index is 1.83. The van der Waals surface area contributed by atoms with Crippen LogP contribution in [0.3, 0.4) is 0 Å². The van der Waals surface area contributed by atoms with E-state index >= 15 is 0 Å². The Bertz CT molecular complexity index is 232. The van der Waals surface area contributed by atoms with Crippen molar-refractivity contribution in [1.82, 2.24) is 10.2 Å². The highest BCUT2D eigenvalue weighted by Crippen LogP contribution is 2.20. The molecule has 2 fully saturated rings. The summed E-state index contributed by atoms with van der Waals surface area (Å²) in [6.45, 7) is 0.780. The summed E-state index contributed by atoms with van der Waals surface area (Å²) in [6, 6.07) is 0.449. The maximum Gasteiger partial charge on any atom is 0.224 e. The topological polar surface area (TPSA) is 52.6 Å². The molecule has 0 aromatic heterocycles. The monoisotopic (exact) mass is 198 g/mol. The number of hydrogen-bond donors (Lipinski definition) is 2. The molecule has 80 valence electrons. The molecule has 4 heteroatoms. The number of carbonyl (C=O) groups is 1. The second-order valence-electron chi connectivity index (χ2n) is 4.45. The fourth-order valence-corrected chi connectivity index (χ4v) is 2.41. The van der Waals surface area contributed by atoms with Crippen molar-refractivity contribution in [1.29, 1.82) is 0 Å². The third-order valence-electron chi connectivity index (χ3n) is 3.27. The van der Waals surface area contributed by atoms with E-state index in [-0.39, 0.29) is 24.1 Å². The minimum absolute atomic E-state index is 0.204. The van der Waals surface area contributed by atoms with E-state index in [1.54, 1.807) is 4.90 Å². The maximum atomic E-state index is 11.3. The van der Waals surface area contributed by atoms with Gasteiger partial charge in [0.15, 0.2) is 0 Å². The average molecular weight is 198 g/mol. The molecule has 14 heavy (non-hydrogen) atoms. The molecule has 0 spiro atoms. The number of aliphatic hydroxyl groups excluding tert-OH is 1. The molecule has 0 aromatic rings. The van der Waals surface area contributed by atoms with Crippen LogP contribution in [0.2, 0.25) is 0 Å². The summed E-state index contributed by atoms with van der Waals surface area (Å²) in [5.41, 5.74) is 0. The molecule has 1 saturated heterocycles. The lowest BCUT2D eigenvalue weighted by Gasteiger charge is -2.20. The van der Waals surface area contributed by atoms with Gasteiger partial charge in [0, 0.05) is 32.1 Å². The lowest BCUT2D eigenvalue weighted by Crippen LogP contribution is -2.43. The summed E-state index contributed by atoms with van der Waals surface area (Å²) < 4.78 is 0. The predicted molar refractivity (Wildman–Crippen MR) is 52.8 cm³/mol. The van der Waals surface area contributed by atoms with Gasteiger partial charge in [-0.25, -0.2) is 0 Å². The van der Waals surface area contributed by atoms with Crippen LogP contribution in [0.1, 0.15) is 25.7 Å². The first-order chi connectivity index (χ1) is 6.66. The molecule has 3 unspecified atom stereocenters. The van der Waals surface area contributed by atoms with E-state index in [0.29, 0.717) is 6.42 Å². The van der Waals surface area contributed by atoms with Crippen LogP contribution in [0, 0.1) is 0 Å². The van der Waals surface area contributed by atoms with Crippen molar-refractivity contribution < 1.29 is 9.90 Å². The first kappa shape index (κ1) is 9.93. The third kappa shape index (κ3) is 1.91. The molecular formula is C10H18N2O2. The zero-order valence-corrected chi connectivity index (χ0v) is 8.57. The maximum absolute atomic E-state index is 11.3. The number of likely N-dealkylation sites (tertiary alicyclic amines) is 1. The van der Waals surface area contributed by atoms with Gasteiger partial charge in [0.1, 0.15) is 0 Å². The smallest absolute Gasteiger partial charge is 0.224 e. The van der Waals surface area contributed by atoms with Crippen molar-refractivity contribution in [3.63, 3.8) is 0 Å². The zero-order chi connectivity index (χ0) is 10.1. The highest BCUT2D eigenvalue weighted by atomic mass is 16.3. The van der Waals surface area contributed by atoms with E-state index < -0.39 is 0 Å². The lowest BCUT2D eigenvalue weighted by atomic mass is 10.1. The molecule has 1 aliphatic heterocycles. The first-order valence-electron chi connectivity index (χ1n) is 5.35. The van der Waals surface area contributed by atoms with Gasteiger partial charge in [-0.2, -0.15) is 0 Å². The van der Waals surface area contributed by atoms with E-state index in [1.165, 1.54) is 0 Å². The number of likely N-dealkylation sites (N-methyl/N-ethyl adjacent to an activating group) is 1. The van der Waals surface area contributed by atoms with Gasteiger partial charge in [-0.3, -0.25) is 4.79 Å². The average Bonchev–Trinajstić information content (AvgIpc) is 2.63. The molecule has 2 N–H and O–H groups in total. The first-order valence-corrected chi connectivity index (χ1v) is 5.35. The van der Waals surface area contributed by atoms with Crippen molar-refractivity contribution in [3.8, 4) is 0 Å². The van der Waals surface area contributed by atoms with Crippen LogP contribution < -0.4 is 5.32 Å². The van der Waals surface area contributed by atoms with Crippen LogP contribution in [0.25, 0.3) is 0 Å². The molecule has 0 bridgehead atoms. The molecule has 4 nitrogen and oxygen atoms in total. The normalized spacial score (nSPS) is 38.3. The van der Waals surface area contributed by atoms with Crippen molar-refractivity contribution in [2.45, 2.75) is 43.9 Å². The Morgan fingerprint density at radius 1 is 1.50 bits per heavy atom. The second kappa shape index (κ2) is 3.87. The van der Waals surface area contributed by atoms with Gasteiger partial charge in [-0.05, 0) is 19.3 Å². The summed E-state index contributed by atoms with van der Waals surface area (Å²) >= 11 is 0. The van der Waals surface area contributed by atoms with Gasteiger partial charge in [0.25, 0.3) is 0 Å². The molecule has 0 aromatic carbocycles. The van der Waals surface area contributed by atoms with Crippen LogP contribution in [0.15, 0.2) is 0 Å². The Labute approximate surface area is 84.3 Å². The Morgan fingerprint density at radius 3 is 2.79 bits per heavy atom. The Kier molecular flexibility index (Phi) is 2.74. The molecule has 1 amide bonds. The fraction of sp³-hybridized carbons (Fsp3) is 0.900. The SMILES string of the molecule is CN1CC(NC2CCCC2O)CC1=O. The summed E-state index contributed by atoms with van der Waals surface area (Å²) in [7, 11) is 1.83. The van der Waals surface area contributed by atoms with Gasteiger partial charge >= 0.3 is 0 Å². The predicted octanol–water partition coefficient (Wildman–Crippen LogP) is -0.280. The van der Waals surface area contributed by atoms with Crippen LogP contribution in [0.4, 0.5) is 0 Å². The molecule has 1 aliphatic carbocycles. The highest BCUT2D eigenvalue weighted by molar-refractivity contribution is 5.78. The van der Waals surface area contributed by atoms with Crippen LogP contribution in [-0.4, -0.2) is 47.7 Å². The van der Waals surface area contributed by atoms with E-state index in [4.69, 9.17) is 0 Å². The molecule has 1 saturated carbocycles. The number of carbonyl (C=O) groups excluding carboxylic acids is 1. The minimum atomic E-state index is -0.212. The van der Waals surface area contributed by atoms with Crippen molar-refractivity contribution in [2.75, 3.05) is 13.6 Å². The number of rotatable bonds is 2. The van der Waals surface area contributed by atoms with Crippen LogP contribution in [-0.2, 0) is 4.79 Å². The summed E-state index contributed by atoms with van der Waals surface area (Å²) in [5, 5.41) is 13.0. The number of nitrogens with one attached hydrogen (secondary N) is 1. The Hall–Kier alpha value is -0.610. The van der Waals surface area contributed by atoms with Gasteiger partial charge in [0.05, 0.1) is 6.10 Å². The number of amides is 1. The van der Waals surface area contributed by atoms with E-state index in [1.807, 2.05) is 7.05 Å². The van der Waals surface area contributed by atoms with Gasteiger partial charge in [0.2, 0.25) is 5.91 Å². The Morgan fingerprint density at radius 2 is 2.29 bits per heavy atom. The highest BCUT2D eigenvalue weighted by Gasteiger charge is 2.32. The van der Waals surface area contributed by atoms with Gasteiger partial charge in [-0.1, -0.05) is 0 Å². The van der Waals surface area contributed by atoms with Crippen LogP contribution in [0.5, 0.6) is 0 Å². The van der Waals surface area contributed by atoms with E-state index in [0.717, 1.165) is 25.8 Å². The molecule has 0 radical (unpaired) electrons. The molecule has 3 atom stereocenters. The fourth-order valence-electron chi connectivity index (χ4n) is 2.41. The van der Waals surface area contributed by atoms with Crippen molar-refractivity contribution >= 4 is 5.91 Å². The van der Waals surface area contributed by atoms with Gasteiger partial charge in [-0.15, -0.1) is 0 Å². The van der Waals surface area contributed by atoms with Gasteiger partial charge < -0.3 is 15.3 Å². The molecule has 1 heterocycles. The standard InChI is InChI=1S/C10H18N2O2/c1-12-6-7(5-10(12)14)11-8-3-2-4-9(8)13/h7-9,11,13H,2-6H2,1H3. The van der Waals surface area contributed by atoms with Crippen molar-refractivity contribution in [3.05, 3.63) is 0 Å². The molecule has 2 aliphatic rings. The van der Waals surface area contributed by atoms with Crippen molar-refractivity contribution in [2.24, 2.45) is 0 Å². The lowest BCUT2D eigenvalue weighted by molar-refractivity contribution is -0.126. The molecular weight excluding hydrogens is 180 g/mol. The minimum Gasteiger partial charge on any atom is -0.392 e.